The van der Waals surface area contributed by atoms with Crippen molar-refractivity contribution in [3.63, 3.8) is 0 Å². The molecule has 0 saturated carbocycles. The van der Waals surface area contributed by atoms with E-state index in [0.717, 1.165) is 34.4 Å². The first-order valence-electron chi connectivity index (χ1n) is 10.8. The van der Waals surface area contributed by atoms with E-state index in [1.165, 1.54) is 0 Å². The van der Waals surface area contributed by atoms with Crippen LogP contribution in [0.1, 0.15) is 36.0 Å². The standard InChI is InChI=1S/C25H26N2O3/c28-16-15-26-13-5-11-25(24(26)30)12-6-14-27(25)23(29)22-20-9-3-1-7-18(20)17-19-8-2-4-10-21(19)22/h1-4,7-10,17,28H,5-6,11-16H2. The first-order valence-corrected chi connectivity index (χ1v) is 10.8. The van der Waals surface area contributed by atoms with Crippen LogP contribution >= 0.6 is 0 Å². The quantitative estimate of drug-likeness (QED) is 0.681. The molecule has 2 aliphatic heterocycles. The zero-order valence-electron chi connectivity index (χ0n) is 17.0. The molecule has 3 aromatic carbocycles. The topological polar surface area (TPSA) is 60.9 Å². The number of likely N-dealkylation sites (tertiary alicyclic amines) is 2. The number of hydrogen-bond acceptors (Lipinski definition) is 3. The summed E-state index contributed by atoms with van der Waals surface area (Å²) in [7, 11) is 0. The van der Waals surface area contributed by atoms with Crippen molar-refractivity contribution in [3.8, 4) is 0 Å². The summed E-state index contributed by atoms with van der Waals surface area (Å²) in [5.74, 6) is -0.0575. The summed E-state index contributed by atoms with van der Waals surface area (Å²) in [6.45, 7) is 1.53. The highest BCUT2D eigenvalue weighted by Crippen LogP contribution is 2.40. The highest BCUT2D eigenvalue weighted by molar-refractivity contribution is 6.19. The van der Waals surface area contributed by atoms with Gasteiger partial charge in [-0.25, -0.2) is 0 Å². The van der Waals surface area contributed by atoms with E-state index in [-0.39, 0.29) is 18.4 Å². The number of carbonyl (C=O) groups is 2. The number of hydrogen-bond donors (Lipinski definition) is 1. The van der Waals surface area contributed by atoms with E-state index < -0.39 is 5.54 Å². The van der Waals surface area contributed by atoms with Crippen molar-refractivity contribution in [2.24, 2.45) is 0 Å². The van der Waals surface area contributed by atoms with E-state index in [1.807, 2.05) is 53.4 Å². The van der Waals surface area contributed by atoms with Gasteiger partial charge in [0.05, 0.1) is 12.2 Å². The van der Waals surface area contributed by atoms with Crippen molar-refractivity contribution in [3.05, 3.63) is 60.2 Å². The fourth-order valence-corrected chi connectivity index (χ4v) is 5.44. The number of rotatable bonds is 3. The fraction of sp³-hybridized carbons (Fsp3) is 0.360. The molecule has 2 heterocycles. The van der Waals surface area contributed by atoms with E-state index in [9.17, 15) is 14.7 Å². The molecule has 1 spiro atoms. The molecule has 2 saturated heterocycles. The summed E-state index contributed by atoms with van der Waals surface area (Å²) in [4.78, 5) is 31.1. The first-order chi connectivity index (χ1) is 14.7. The average molecular weight is 402 g/mol. The molecule has 1 atom stereocenters. The largest absolute Gasteiger partial charge is 0.395 e. The fourth-order valence-electron chi connectivity index (χ4n) is 5.44. The second-order valence-corrected chi connectivity index (χ2v) is 8.41. The maximum absolute atomic E-state index is 14.1. The van der Waals surface area contributed by atoms with Gasteiger partial charge in [-0.15, -0.1) is 0 Å². The molecule has 5 nitrogen and oxygen atoms in total. The van der Waals surface area contributed by atoms with Crippen LogP contribution in [0.4, 0.5) is 0 Å². The Hall–Kier alpha value is -2.92. The molecule has 30 heavy (non-hydrogen) atoms. The molecule has 154 valence electrons. The number of fused-ring (bicyclic) bond motifs is 2. The van der Waals surface area contributed by atoms with Gasteiger partial charge in [0, 0.05) is 19.6 Å². The minimum atomic E-state index is -0.775. The normalized spacial score (nSPS) is 21.8. The maximum atomic E-state index is 14.1. The Labute approximate surface area is 175 Å². The highest BCUT2D eigenvalue weighted by Gasteiger charge is 2.52. The molecular weight excluding hydrogens is 376 g/mol. The maximum Gasteiger partial charge on any atom is 0.256 e. The lowest BCUT2D eigenvalue weighted by Crippen LogP contribution is -2.61. The van der Waals surface area contributed by atoms with Gasteiger partial charge in [-0.3, -0.25) is 9.59 Å². The van der Waals surface area contributed by atoms with Crippen molar-refractivity contribution in [1.82, 2.24) is 9.80 Å². The lowest BCUT2D eigenvalue weighted by atomic mass is 9.84. The molecule has 2 aliphatic rings. The minimum Gasteiger partial charge on any atom is -0.395 e. The first kappa shape index (κ1) is 19.1. The van der Waals surface area contributed by atoms with Gasteiger partial charge in [0.25, 0.3) is 5.91 Å². The third kappa shape index (κ3) is 2.80. The van der Waals surface area contributed by atoms with Gasteiger partial charge in [0.2, 0.25) is 5.91 Å². The van der Waals surface area contributed by atoms with Crippen LogP contribution in [-0.4, -0.2) is 58.5 Å². The molecule has 2 amide bonds. The Morgan fingerprint density at radius 1 is 0.933 bits per heavy atom. The number of benzene rings is 3. The number of aliphatic hydroxyl groups is 1. The SMILES string of the molecule is O=C(c1c2ccccc2cc2ccccc12)N1CCCC12CCCN(CCO)C2=O. The van der Waals surface area contributed by atoms with Crippen LogP contribution in [0, 0.1) is 0 Å². The van der Waals surface area contributed by atoms with E-state index in [1.54, 1.807) is 4.90 Å². The molecular formula is C25H26N2O3. The summed E-state index contributed by atoms with van der Waals surface area (Å²) >= 11 is 0. The van der Waals surface area contributed by atoms with Gasteiger partial charge in [-0.1, -0.05) is 48.5 Å². The Kier molecular flexibility index (Phi) is 4.70. The Morgan fingerprint density at radius 3 is 2.17 bits per heavy atom. The highest BCUT2D eigenvalue weighted by atomic mass is 16.3. The Balaban J connectivity index is 1.65. The van der Waals surface area contributed by atoms with Crippen molar-refractivity contribution in [1.29, 1.82) is 0 Å². The molecule has 0 aliphatic carbocycles. The van der Waals surface area contributed by atoms with Crippen molar-refractivity contribution in [2.75, 3.05) is 26.2 Å². The van der Waals surface area contributed by atoms with E-state index >= 15 is 0 Å². The van der Waals surface area contributed by atoms with Crippen LogP contribution < -0.4 is 0 Å². The third-order valence-electron chi connectivity index (χ3n) is 6.79. The summed E-state index contributed by atoms with van der Waals surface area (Å²) in [5.41, 5.74) is -0.0835. The van der Waals surface area contributed by atoms with Gasteiger partial charge >= 0.3 is 0 Å². The zero-order chi connectivity index (χ0) is 20.7. The molecule has 0 bridgehead atoms. The van der Waals surface area contributed by atoms with Crippen LogP contribution in [0.2, 0.25) is 0 Å². The molecule has 5 rings (SSSR count). The molecule has 2 fully saturated rings. The molecule has 3 aromatic rings. The van der Waals surface area contributed by atoms with Crippen LogP contribution in [0.3, 0.4) is 0 Å². The lowest BCUT2D eigenvalue weighted by Gasteiger charge is -2.44. The monoisotopic (exact) mass is 402 g/mol. The van der Waals surface area contributed by atoms with Gasteiger partial charge in [0.1, 0.15) is 5.54 Å². The predicted octanol–water partition coefficient (Wildman–Crippen LogP) is 3.58. The van der Waals surface area contributed by atoms with E-state index in [4.69, 9.17) is 0 Å². The van der Waals surface area contributed by atoms with Gasteiger partial charge in [-0.05, 0) is 53.3 Å². The molecule has 0 radical (unpaired) electrons. The number of carbonyl (C=O) groups excluding carboxylic acids is 2. The van der Waals surface area contributed by atoms with Gasteiger partial charge in [0.15, 0.2) is 0 Å². The van der Waals surface area contributed by atoms with Crippen molar-refractivity contribution < 1.29 is 14.7 Å². The number of amides is 2. The Morgan fingerprint density at radius 2 is 1.53 bits per heavy atom. The van der Waals surface area contributed by atoms with Crippen LogP contribution in [0.5, 0.6) is 0 Å². The summed E-state index contributed by atoms with van der Waals surface area (Å²) in [6.07, 6.45) is 3.07. The molecule has 1 N–H and O–H groups in total. The van der Waals surface area contributed by atoms with Crippen molar-refractivity contribution in [2.45, 2.75) is 31.2 Å². The third-order valence-corrected chi connectivity index (χ3v) is 6.79. The van der Waals surface area contributed by atoms with Gasteiger partial charge in [-0.2, -0.15) is 0 Å². The average Bonchev–Trinajstić information content (AvgIpc) is 3.19. The summed E-state index contributed by atoms with van der Waals surface area (Å²) in [6, 6.07) is 18.1. The second-order valence-electron chi connectivity index (χ2n) is 8.41. The molecule has 1 unspecified atom stereocenters. The molecule has 5 heteroatoms. The minimum absolute atomic E-state index is 0.00167. The predicted molar refractivity (Wildman–Crippen MR) is 117 cm³/mol. The lowest BCUT2D eigenvalue weighted by molar-refractivity contribution is -0.146. The second kappa shape index (κ2) is 7.40. The number of nitrogens with zero attached hydrogens (tertiary/aromatic N) is 2. The smallest absolute Gasteiger partial charge is 0.256 e. The summed E-state index contributed by atoms with van der Waals surface area (Å²) < 4.78 is 0. The van der Waals surface area contributed by atoms with Crippen molar-refractivity contribution >= 4 is 33.4 Å². The van der Waals surface area contributed by atoms with Gasteiger partial charge < -0.3 is 14.9 Å². The number of piperidine rings is 1. The Bertz CT molecular complexity index is 1090. The van der Waals surface area contributed by atoms with Crippen LogP contribution in [-0.2, 0) is 4.79 Å². The molecule has 0 aromatic heterocycles. The number of β-amino-alcohol motifs (C(OH)–C–C–N with tert-alkyl or cyclic N) is 1. The zero-order valence-corrected chi connectivity index (χ0v) is 17.0. The van der Waals surface area contributed by atoms with Crippen LogP contribution in [0.15, 0.2) is 54.6 Å². The van der Waals surface area contributed by atoms with Crippen LogP contribution in [0.25, 0.3) is 21.5 Å². The van der Waals surface area contributed by atoms with E-state index in [2.05, 4.69) is 6.07 Å². The summed E-state index contributed by atoms with van der Waals surface area (Å²) in [5, 5.41) is 13.3. The number of aliphatic hydroxyl groups excluding tert-OH is 1. The van der Waals surface area contributed by atoms with E-state index in [0.29, 0.717) is 38.0 Å².